The topological polar surface area (TPSA) is 33.3 Å². The second-order valence-corrected chi connectivity index (χ2v) is 5.29. The molecule has 1 aliphatic rings. The van der Waals surface area contributed by atoms with Crippen LogP contribution in [0.3, 0.4) is 0 Å². The minimum atomic E-state index is 0.498. The lowest BCUT2D eigenvalue weighted by atomic mass is 9.96. The van der Waals surface area contributed by atoms with Gasteiger partial charge in [-0.2, -0.15) is 0 Å². The second kappa shape index (κ2) is 6.21. The van der Waals surface area contributed by atoms with Gasteiger partial charge in [-0.1, -0.05) is 26.0 Å². The third kappa shape index (κ3) is 3.24. The van der Waals surface area contributed by atoms with Crippen LogP contribution in [0, 0.1) is 0 Å². The van der Waals surface area contributed by atoms with Crippen LogP contribution in [-0.2, 0) is 6.42 Å². The Morgan fingerprint density at radius 3 is 2.78 bits per heavy atom. The molecule has 1 aromatic carbocycles. The van der Waals surface area contributed by atoms with Crippen LogP contribution in [0.5, 0.6) is 5.75 Å². The number of methoxy groups -OCH3 is 1. The zero-order valence-electron chi connectivity index (χ0n) is 11.6. The molecule has 0 amide bonds. The fourth-order valence-electron chi connectivity index (χ4n) is 2.50. The fourth-order valence-corrected chi connectivity index (χ4v) is 2.50. The summed E-state index contributed by atoms with van der Waals surface area (Å²) < 4.78 is 5.42. The lowest BCUT2D eigenvalue weighted by Crippen LogP contribution is -2.49. The average molecular weight is 248 g/mol. The van der Waals surface area contributed by atoms with Gasteiger partial charge >= 0.3 is 0 Å². The Kier molecular flexibility index (Phi) is 4.61. The lowest BCUT2D eigenvalue weighted by Gasteiger charge is -2.25. The highest BCUT2D eigenvalue weighted by atomic mass is 16.5. The highest BCUT2D eigenvalue weighted by molar-refractivity contribution is 5.39. The maximum atomic E-state index is 5.42. The quantitative estimate of drug-likeness (QED) is 0.854. The summed E-state index contributed by atoms with van der Waals surface area (Å²) in [4.78, 5) is 0. The summed E-state index contributed by atoms with van der Waals surface area (Å²) in [6, 6.07) is 7.12. The van der Waals surface area contributed by atoms with E-state index in [1.165, 1.54) is 11.1 Å². The first-order valence-electron chi connectivity index (χ1n) is 6.81. The number of ether oxygens (including phenoxy) is 1. The van der Waals surface area contributed by atoms with E-state index in [1.54, 1.807) is 7.11 Å². The smallest absolute Gasteiger partial charge is 0.122 e. The van der Waals surface area contributed by atoms with Crippen molar-refractivity contribution in [3.05, 3.63) is 29.3 Å². The Morgan fingerprint density at radius 1 is 1.33 bits per heavy atom. The van der Waals surface area contributed by atoms with E-state index in [4.69, 9.17) is 4.74 Å². The Bertz CT molecular complexity index is 384. The van der Waals surface area contributed by atoms with Crippen LogP contribution in [0.4, 0.5) is 0 Å². The molecule has 2 N–H and O–H groups in total. The van der Waals surface area contributed by atoms with Crippen LogP contribution in [0.25, 0.3) is 0 Å². The molecule has 1 atom stereocenters. The first-order valence-corrected chi connectivity index (χ1v) is 6.81. The average Bonchev–Trinajstić information content (AvgIpc) is 2.40. The normalized spacial score (nSPS) is 20.1. The van der Waals surface area contributed by atoms with Crippen molar-refractivity contribution < 1.29 is 4.74 Å². The van der Waals surface area contributed by atoms with Crippen LogP contribution in [-0.4, -0.2) is 32.8 Å². The molecule has 0 bridgehead atoms. The molecule has 1 fully saturated rings. The van der Waals surface area contributed by atoms with Gasteiger partial charge in [-0.25, -0.2) is 0 Å². The molecule has 0 spiro atoms. The summed E-state index contributed by atoms with van der Waals surface area (Å²) in [6.45, 7) is 7.63. The third-order valence-corrected chi connectivity index (χ3v) is 3.52. The van der Waals surface area contributed by atoms with E-state index >= 15 is 0 Å². The van der Waals surface area contributed by atoms with Gasteiger partial charge in [-0.05, 0) is 29.5 Å². The summed E-state index contributed by atoms with van der Waals surface area (Å²) in [6.07, 6.45) is 1.08. The van der Waals surface area contributed by atoms with Gasteiger partial charge in [0.2, 0.25) is 0 Å². The molecule has 100 valence electrons. The van der Waals surface area contributed by atoms with Crippen LogP contribution in [0.1, 0.15) is 30.9 Å². The SMILES string of the molecule is COc1ccc(CC2CNCCN2)cc1C(C)C. The van der Waals surface area contributed by atoms with Crippen LogP contribution in [0.2, 0.25) is 0 Å². The van der Waals surface area contributed by atoms with Crippen molar-refractivity contribution in [1.82, 2.24) is 10.6 Å². The molecule has 2 rings (SSSR count). The molecule has 3 heteroatoms. The Hall–Kier alpha value is -1.06. The number of hydrogen-bond donors (Lipinski definition) is 2. The van der Waals surface area contributed by atoms with Gasteiger partial charge in [-0.3, -0.25) is 0 Å². The fraction of sp³-hybridized carbons (Fsp3) is 0.600. The van der Waals surface area contributed by atoms with Gasteiger partial charge in [0.15, 0.2) is 0 Å². The monoisotopic (exact) mass is 248 g/mol. The van der Waals surface area contributed by atoms with Gasteiger partial charge < -0.3 is 15.4 Å². The van der Waals surface area contributed by atoms with E-state index in [1.807, 2.05) is 0 Å². The molecule has 1 aliphatic heterocycles. The molecule has 3 nitrogen and oxygen atoms in total. The van der Waals surface area contributed by atoms with Crippen LogP contribution < -0.4 is 15.4 Å². The highest BCUT2D eigenvalue weighted by Gasteiger charge is 2.14. The summed E-state index contributed by atoms with van der Waals surface area (Å²) in [7, 11) is 1.74. The second-order valence-electron chi connectivity index (χ2n) is 5.29. The molecule has 0 saturated carbocycles. The van der Waals surface area contributed by atoms with Crippen molar-refractivity contribution in [3.63, 3.8) is 0 Å². The van der Waals surface area contributed by atoms with Gasteiger partial charge in [0.1, 0.15) is 5.75 Å². The number of benzene rings is 1. The van der Waals surface area contributed by atoms with E-state index in [0.717, 1.165) is 31.8 Å². The van der Waals surface area contributed by atoms with Crippen molar-refractivity contribution in [3.8, 4) is 5.75 Å². The number of nitrogens with one attached hydrogen (secondary N) is 2. The number of rotatable bonds is 4. The van der Waals surface area contributed by atoms with Gasteiger partial charge in [0.25, 0.3) is 0 Å². The van der Waals surface area contributed by atoms with Gasteiger partial charge in [-0.15, -0.1) is 0 Å². The highest BCUT2D eigenvalue weighted by Crippen LogP contribution is 2.27. The molecule has 1 heterocycles. The zero-order valence-corrected chi connectivity index (χ0v) is 11.6. The minimum absolute atomic E-state index is 0.498. The summed E-state index contributed by atoms with van der Waals surface area (Å²) in [5.74, 6) is 1.50. The summed E-state index contributed by atoms with van der Waals surface area (Å²) in [5.41, 5.74) is 2.69. The van der Waals surface area contributed by atoms with Crippen molar-refractivity contribution in [2.24, 2.45) is 0 Å². The third-order valence-electron chi connectivity index (χ3n) is 3.52. The van der Waals surface area contributed by atoms with Crippen LogP contribution >= 0.6 is 0 Å². The molecular weight excluding hydrogens is 224 g/mol. The Labute approximate surface area is 110 Å². The predicted molar refractivity (Wildman–Crippen MR) is 75.4 cm³/mol. The maximum absolute atomic E-state index is 5.42. The number of hydrogen-bond acceptors (Lipinski definition) is 3. The molecule has 1 saturated heterocycles. The van der Waals surface area contributed by atoms with Crippen molar-refractivity contribution in [2.75, 3.05) is 26.7 Å². The van der Waals surface area contributed by atoms with Gasteiger partial charge in [0.05, 0.1) is 7.11 Å². The first-order chi connectivity index (χ1) is 8.70. The van der Waals surface area contributed by atoms with E-state index in [9.17, 15) is 0 Å². The molecule has 18 heavy (non-hydrogen) atoms. The Balaban J connectivity index is 2.10. The lowest BCUT2D eigenvalue weighted by molar-refractivity contribution is 0.405. The standard InChI is InChI=1S/C15H24N2O/c1-11(2)14-9-12(4-5-15(14)18-3)8-13-10-16-6-7-17-13/h4-5,9,11,13,16-17H,6-8,10H2,1-3H3. The maximum Gasteiger partial charge on any atom is 0.122 e. The largest absolute Gasteiger partial charge is 0.496 e. The van der Waals surface area contributed by atoms with Crippen molar-refractivity contribution in [2.45, 2.75) is 32.2 Å². The zero-order chi connectivity index (χ0) is 13.0. The van der Waals surface area contributed by atoms with E-state index in [0.29, 0.717) is 12.0 Å². The molecule has 0 aliphatic carbocycles. The molecule has 1 aromatic rings. The van der Waals surface area contributed by atoms with E-state index in [2.05, 4.69) is 42.7 Å². The molecule has 1 unspecified atom stereocenters. The Morgan fingerprint density at radius 2 is 2.17 bits per heavy atom. The molecular formula is C15H24N2O. The van der Waals surface area contributed by atoms with E-state index < -0.39 is 0 Å². The molecule has 0 radical (unpaired) electrons. The van der Waals surface area contributed by atoms with Crippen molar-refractivity contribution in [1.29, 1.82) is 0 Å². The van der Waals surface area contributed by atoms with Gasteiger partial charge in [0, 0.05) is 25.7 Å². The summed E-state index contributed by atoms with van der Waals surface area (Å²) >= 11 is 0. The molecule has 0 aromatic heterocycles. The predicted octanol–water partition coefficient (Wildman–Crippen LogP) is 1.92. The summed E-state index contributed by atoms with van der Waals surface area (Å²) in [5, 5.41) is 6.98. The first kappa shape index (κ1) is 13.4. The number of piperazine rings is 1. The minimum Gasteiger partial charge on any atom is -0.496 e. The van der Waals surface area contributed by atoms with E-state index in [-0.39, 0.29) is 0 Å². The van der Waals surface area contributed by atoms with Crippen molar-refractivity contribution >= 4 is 0 Å². The van der Waals surface area contributed by atoms with Crippen LogP contribution in [0.15, 0.2) is 18.2 Å².